The van der Waals surface area contributed by atoms with Crippen molar-refractivity contribution in [3.63, 3.8) is 0 Å². The third-order valence-electron chi connectivity index (χ3n) is 3.82. The van der Waals surface area contributed by atoms with Crippen LogP contribution in [0.1, 0.15) is 32.5 Å². The minimum absolute atomic E-state index is 0.0391. The SMILES string of the molecule is CC(=O)Nc1ccc2c(=O)n(-c3ccc(Cl)cc3)c(C(C)C)nc2c1. The van der Waals surface area contributed by atoms with Gasteiger partial charge in [-0.1, -0.05) is 25.4 Å². The molecule has 25 heavy (non-hydrogen) atoms. The van der Waals surface area contributed by atoms with Crippen molar-refractivity contribution in [2.45, 2.75) is 26.7 Å². The molecule has 0 spiro atoms. The number of amides is 1. The largest absolute Gasteiger partial charge is 0.326 e. The van der Waals surface area contributed by atoms with E-state index in [-0.39, 0.29) is 17.4 Å². The highest BCUT2D eigenvalue weighted by Crippen LogP contribution is 2.22. The molecule has 0 unspecified atom stereocenters. The van der Waals surface area contributed by atoms with E-state index in [1.54, 1.807) is 47.0 Å². The van der Waals surface area contributed by atoms with Gasteiger partial charge in [-0.25, -0.2) is 4.98 Å². The van der Waals surface area contributed by atoms with Gasteiger partial charge in [0.15, 0.2) is 0 Å². The summed E-state index contributed by atoms with van der Waals surface area (Å²) in [6.45, 7) is 5.41. The Balaban J connectivity index is 2.28. The fourth-order valence-corrected chi connectivity index (χ4v) is 2.84. The fraction of sp³-hybridized carbons (Fsp3) is 0.211. The zero-order valence-corrected chi connectivity index (χ0v) is 15.0. The van der Waals surface area contributed by atoms with Crippen molar-refractivity contribution in [2.24, 2.45) is 0 Å². The molecule has 0 radical (unpaired) electrons. The minimum Gasteiger partial charge on any atom is -0.326 e. The third kappa shape index (κ3) is 3.42. The zero-order chi connectivity index (χ0) is 18.1. The number of hydrogen-bond donors (Lipinski definition) is 1. The summed E-state index contributed by atoms with van der Waals surface area (Å²) in [5.41, 5.74) is 1.75. The Morgan fingerprint density at radius 1 is 1.16 bits per heavy atom. The number of nitrogens with one attached hydrogen (secondary N) is 1. The van der Waals surface area contributed by atoms with E-state index >= 15 is 0 Å². The maximum atomic E-state index is 13.1. The molecule has 3 rings (SSSR count). The number of anilines is 1. The van der Waals surface area contributed by atoms with Crippen molar-refractivity contribution in [3.8, 4) is 5.69 Å². The summed E-state index contributed by atoms with van der Waals surface area (Å²) in [7, 11) is 0. The summed E-state index contributed by atoms with van der Waals surface area (Å²) in [4.78, 5) is 29.0. The highest BCUT2D eigenvalue weighted by Gasteiger charge is 2.15. The second-order valence-electron chi connectivity index (χ2n) is 6.15. The van der Waals surface area contributed by atoms with E-state index in [9.17, 15) is 9.59 Å². The zero-order valence-electron chi connectivity index (χ0n) is 14.2. The molecule has 6 heteroatoms. The smallest absolute Gasteiger partial charge is 0.265 e. The van der Waals surface area contributed by atoms with Crippen LogP contribution in [0.2, 0.25) is 5.02 Å². The van der Waals surface area contributed by atoms with Crippen molar-refractivity contribution in [3.05, 3.63) is 63.7 Å². The average molecular weight is 356 g/mol. The van der Waals surface area contributed by atoms with Crippen LogP contribution in [0.3, 0.4) is 0 Å². The molecule has 1 N–H and O–H groups in total. The van der Waals surface area contributed by atoms with Gasteiger partial charge < -0.3 is 5.32 Å². The van der Waals surface area contributed by atoms with Gasteiger partial charge in [-0.3, -0.25) is 14.2 Å². The molecule has 128 valence electrons. The third-order valence-corrected chi connectivity index (χ3v) is 4.07. The fourth-order valence-electron chi connectivity index (χ4n) is 2.71. The van der Waals surface area contributed by atoms with E-state index in [4.69, 9.17) is 11.6 Å². The molecule has 2 aromatic carbocycles. The van der Waals surface area contributed by atoms with Gasteiger partial charge in [-0.2, -0.15) is 0 Å². The van der Waals surface area contributed by atoms with E-state index in [2.05, 4.69) is 10.3 Å². The Morgan fingerprint density at radius 2 is 1.84 bits per heavy atom. The molecule has 1 heterocycles. The Labute approximate surface area is 150 Å². The molecule has 3 aromatic rings. The molecular weight excluding hydrogens is 338 g/mol. The average Bonchev–Trinajstić information content (AvgIpc) is 2.55. The van der Waals surface area contributed by atoms with Gasteiger partial charge >= 0.3 is 0 Å². The summed E-state index contributed by atoms with van der Waals surface area (Å²) in [5.74, 6) is 0.523. The van der Waals surface area contributed by atoms with Crippen molar-refractivity contribution in [2.75, 3.05) is 5.32 Å². The number of rotatable bonds is 3. The maximum Gasteiger partial charge on any atom is 0.265 e. The molecule has 1 aromatic heterocycles. The number of carbonyl (C=O) groups is 1. The highest BCUT2D eigenvalue weighted by molar-refractivity contribution is 6.30. The predicted molar refractivity (Wildman–Crippen MR) is 101 cm³/mol. The van der Waals surface area contributed by atoms with Gasteiger partial charge in [-0.05, 0) is 42.5 Å². The number of halogens is 1. The number of aromatic nitrogens is 2. The van der Waals surface area contributed by atoms with Crippen LogP contribution >= 0.6 is 11.6 Å². The second-order valence-corrected chi connectivity index (χ2v) is 6.59. The molecule has 1 amide bonds. The highest BCUT2D eigenvalue weighted by atomic mass is 35.5. The van der Waals surface area contributed by atoms with Crippen LogP contribution in [-0.4, -0.2) is 15.5 Å². The molecule has 0 aliphatic rings. The van der Waals surface area contributed by atoms with Gasteiger partial charge in [0.1, 0.15) is 5.82 Å². The Bertz CT molecular complexity index is 1010. The second kappa shape index (κ2) is 6.69. The summed E-state index contributed by atoms with van der Waals surface area (Å²) in [5, 5.41) is 3.82. The Hall–Kier alpha value is -2.66. The summed E-state index contributed by atoms with van der Waals surface area (Å²) >= 11 is 5.96. The van der Waals surface area contributed by atoms with Crippen LogP contribution < -0.4 is 10.9 Å². The molecular formula is C19H18ClN3O2. The first kappa shape index (κ1) is 17.2. The lowest BCUT2D eigenvalue weighted by Crippen LogP contribution is -2.24. The molecule has 0 bridgehead atoms. The summed E-state index contributed by atoms with van der Waals surface area (Å²) in [6, 6.07) is 12.2. The predicted octanol–water partition coefficient (Wildman–Crippen LogP) is 4.12. The number of benzene rings is 2. The molecule has 0 aliphatic carbocycles. The number of nitrogens with zero attached hydrogens (tertiary/aromatic N) is 2. The summed E-state index contributed by atoms with van der Waals surface area (Å²) < 4.78 is 1.61. The van der Waals surface area contributed by atoms with Gasteiger partial charge in [0.25, 0.3) is 5.56 Å². The Morgan fingerprint density at radius 3 is 2.44 bits per heavy atom. The standard InChI is InChI=1S/C19H18ClN3O2/c1-11(2)18-22-17-10-14(21-12(3)24)6-9-16(17)19(25)23(18)15-7-4-13(20)5-8-15/h4-11H,1-3H3,(H,21,24). The van der Waals surface area contributed by atoms with Crippen LogP contribution in [0.25, 0.3) is 16.6 Å². The number of carbonyl (C=O) groups excluding carboxylic acids is 1. The van der Waals surface area contributed by atoms with Gasteiger partial charge in [0, 0.05) is 23.6 Å². The molecule has 0 saturated heterocycles. The van der Waals surface area contributed by atoms with Gasteiger partial charge in [0.05, 0.1) is 16.6 Å². The quantitative estimate of drug-likeness (QED) is 0.768. The van der Waals surface area contributed by atoms with Gasteiger partial charge in [-0.15, -0.1) is 0 Å². The van der Waals surface area contributed by atoms with E-state index < -0.39 is 0 Å². The van der Waals surface area contributed by atoms with E-state index in [1.165, 1.54) is 6.92 Å². The lowest BCUT2D eigenvalue weighted by atomic mass is 10.1. The minimum atomic E-state index is -0.169. The van der Waals surface area contributed by atoms with E-state index in [0.717, 1.165) is 5.69 Å². The van der Waals surface area contributed by atoms with Crippen LogP contribution in [0, 0.1) is 0 Å². The number of fused-ring (bicyclic) bond motifs is 1. The van der Waals surface area contributed by atoms with Crippen LogP contribution in [0.4, 0.5) is 5.69 Å². The van der Waals surface area contributed by atoms with Crippen LogP contribution in [-0.2, 0) is 4.79 Å². The van der Waals surface area contributed by atoms with Gasteiger partial charge in [0.2, 0.25) is 5.91 Å². The van der Waals surface area contributed by atoms with Crippen LogP contribution in [0.15, 0.2) is 47.3 Å². The van der Waals surface area contributed by atoms with E-state index in [1.807, 2.05) is 13.8 Å². The van der Waals surface area contributed by atoms with Crippen molar-refractivity contribution in [1.82, 2.24) is 9.55 Å². The van der Waals surface area contributed by atoms with Crippen molar-refractivity contribution in [1.29, 1.82) is 0 Å². The first-order chi connectivity index (χ1) is 11.9. The van der Waals surface area contributed by atoms with E-state index in [0.29, 0.717) is 27.4 Å². The maximum absolute atomic E-state index is 13.1. The molecule has 0 aliphatic heterocycles. The monoisotopic (exact) mass is 355 g/mol. The normalized spacial score (nSPS) is 11.1. The van der Waals surface area contributed by atoms with Crippen molar-refractivity contribution >= 4 is 34.1 Å². The molecule has 5 nitrogen and oxygen atoms in total. The van der Waals surface area contributed by atoms with Crippen LogP contribution in [0.5, 0.6) is 0 Å². The summed E-state index contributed by atoms with van der Waals surface area (Å²) in [6.07, 6.45) is 0. The first-order valence-corrected chi connectivity index (χ1v) is 8.35. The lowest BCUT2D eigenvalue weighted by molar-refractivity contribution is -0.114. The molecule has 0 fully saturated rings. The van der Waals surface area contributed by atoms with Crippen molar-refractivity contribution < 1.29 is 4.79 Å². The molecule has 0 saturated carbocycles. The first-order valence-electron chi connectivity index (χ1n) is 7.97. The Kier molecular flexibility index (Phi) is 4.59. The molecule has 0 atom stereocenters. The lowest BCUT2D eigenvalue weighted by Gasteiger charge is -2.16. The number of hydrogen-bond acceptors (Lipinski definition) is 3. The topological polar surface area (TPSA) is 64.0 Å².